The van der Waals surface area contributed by atoms with Gasteiger partial charge in [-0.2, -0.15) is 0 Å². The van der Waals surface area contributed by atoms with E-state index in [1.165, 1.54) is 11.1 Å². The lowest BCUT2D eigenvalue weighted by molar-refractivity contribution is -0.121. The first-order valence-corrected chi connectivity index (χ1v) is 9.82. The van der Waals surface area contributed by atoms with Crippen LogP contribution >= 0.6 is 0 Å². The van der Waals surface area contributed by atoms with Gasteiger partial charge in [-0.15, -0.1) is 0 Å². The van der Waals surface area contributed by atoms with E-state index in [9.17, 15) is 9.59 Å². The summed E-state index contributed by atoms with van der Waals surface area (Å²) in [6.07, 6.45) is 2.44. The van der Waals surface area contributed by atoms with Gasteiger partial charge < -0.3 is 5.32 Å². The van der Waals surface area contributed by atoms with Gasteiger partial charge in [-0.3, -0.25) is 14.5 Å². The summed E-state index contributed by atoms with van der Waals surface area (Å²) < 4.78 is 0. The lowest BCUT2D eigenvalue weighted by atomic mass is 10.0. The van der Waals surface area contributed by atoms with E-state index >= 15 is 0 Å². The SMILES string of the molecule is CCc1ccc(C(=O)CCC(=O)NC2CCN(Cc3ccccc3)C2)cc1. The number of carbonyl (C=O) groups is 2. The maximum Gasteiger partial charge on any atom is 0.220 e. The van der Waals surface area contributed by atoms with Crippen LogP contribution in [0.15, 0.2) is 54.6 Å². The summed E-state index contributed by atoms with van der Waals surface area (Å²) in [4.78, 5) is 26.8. The number of likely N-dealkylation sites (tertiary alicyclic amines) is 1. The smallest absolute Gasteiger partial charge is 0.220 e. The molecule has 0 radical (unpaired) electrons. The summed E-state index contributed by atoms with van der Waals surface area (Å²) in [7, 11) is 0. The van der Waals surface area contributed by atoms with E-state index in [-0.39, 0.29) is 30.6 Å². The highest BCUT2D eigenvalue weighted by molar-refractivity contribution is 5.98. The molecular formula is C23H28N2O2. The fourth-order valence-electron chi connectivity index (χ4n) is 3.53. The van der Waals surface area contributed by atoms with Gasteiger partial charge in [-0.05, 0) is 24.0 Å². The van der Waals surface area contributed by atoms with E-state index in [2.05, 4.69) is 41.4 Å². The number of benzene rings is 2. The second kappa shape index (κ2) is 9.47. The Morgan fingerprint density at radius 3 is 2.44 bits per heavy atom. The average Bonchev–Trinajstić information content (AvgIpc) is 3.13. The van der Waals surface area contributed by atoms with Crippen molar-refractivity contribution in [2.24, 2.45) is 0 Å². The third-order valence-corrected chi connectivity index (χ3v) is 5.15. The first kappa shape index (κ1) is 19.3. The summed E-state index contributed by atoms with van der Waals surface area (Å²) in [5, 5.41) is 3.09. The second-order valence-corrected chi connectivity index (χ2v) is 7.25. The van der Waals surface area contributed by atoms with Crippen LogP contribution in [0.5, 0.6) is 0 Å². The third kappa shape index (κ3) is 5.76. The molecule has 0 aromatic heterocycles. The van der Waals surface area contributed by atoms with E-state index in [1.54, 1.807) is 0 Å². The summed E-state index contributed by atoms with van der Waals surface area (Å²) in [6, 6.07) is 18.2. The van der Waals surface area contributed by atoms with Crippen LogP contribution in [0.25, 0.3) is 0 Å². The molecule has 27 heavy (non-hydrogen) atoms. The molecule has 3 rings (SSSR count). The van der Waals surface area contributed by atoms with Gasteiger partial charge in [0, 0.05) is 44.1 Å². The topological polar surface area (TPSA) is 49.4 Å². The van der Waals surface area contributed by atoms with Crippen molar-refractivity contribution in [3.63, 3.8) is 0 Å². The van der Waals surface area contributed by atoms with Crippen molar-refractivity contribution in [2.45, 2.75) is 45.2 Å². The molecule has 1 amide bonds. The third-order valence-electron chi connectivity index (χ3n) is 5.15. The zero-order chi connectivity index (χ0) is 19.1. The molecule has 1 N–H and O–H groups in total. The van der Waals surface area contributed by atoms with Crippen LogP contribution in [0.2, 0.25) is 0 Å². The number of nitrogens with one attached hydrogen (secondary N) is 1. The quantitative estimate of drug-likeness (QED) is 0.728. The summed E-state index contributed by atoms with van der Waals surface area (Å²) >= 11 is 0. The maximum atomic E-state index is 12.3. The van der Waals surface area contributed by atoms with Gasteiger partial charge in [0.1, 0.15) is 0 Å². The summed E-state index contributed by atoms with van der Waals surface area (Å²) in [5.74, 6) is 0.00465. The molecule has 0 spiro atoms. The van der Waals surface area contributed by atoms with Gasteiger partial charge in [-0.1, -0.05) is 61.5 Å². The Kier molecular flexibility index (Phi) is 6.77. The molecule has 0 saturated carbocycles. The van der Waals surface area contributed by atoms with Gasteiger partial charge >= 0.3 is 0 Å². The minimum absolute atomic E-state index is 0.0277. The number of ketones is 1. The van der Waals surface area contributed by atoms with Crippen LogP contribution in [-0.4, -0.2) is 35.7 Å². The van der Waals surface area contributed by atoms with Gasteiger partial charge in [0.15, 0.2) is 5.78 Å². The average molecular weight is 364 g/mol. The molecule has 1 saturated heterocycles. The molecule has 4 heteroatoms. The number of aryl methyl sites for hydroxylation is 1. The minimum Gasteiger partial charge on any atom is -0.352 e. The Hall–Kier alpha value is -2.46. The van der Waals surface area contributed by atoms with Gasteiger partial charge in [-0.25, -0.2) is 0 Å². The van der Waals surface area contributed by atoms with Crippen molar-refractivity contribution in [2.75, 3.05) is 13.1 Å². The number of amides is 1. The monoisotopic (exact) mass is 364 g/mol. The predicted molar refractivity (Wildman–Crippen MR) is 108 cm³/mol. The lowest BCUT2D eigenvalue weighted by Crippen LogP contribution is -2.37. The summed E-state index contributed by atoms with van der Waals surface area (Å²) in [5.41, 5.74) is 3.20. The maximum absolute atomic E-state index is 12.3. The number of nitrogens with zero attached hydrogens (tertiary/aromatic N) is 1. The van der Waals surface area contributed by atoms with Crippen LogP contribution in [0.3, 0.4) is 0 Å². The molecule has 2 aromatic rings. The van der Waals surface area contributed by atoms with E-state index in [4.69, 9.17) is 0 Å². The molecule has 1 unspecified atom stereocenters. The molecule has 1 aliphatic heterocycles. The van der Waals surface area contributed by atoms with Crippen LogP contribution in [0.4, 0.5) is 0 Å². The van der Waals surface area contributed by atoms with Crippen LogP contribution in [-0.2, 0) is 17.8 Å². The predicted octanol–water partition coefficient (Wildman–Crippen LogP) is 3.60. The van der Waals surface area contributed by atoms with Gasteiger partial charge in [0.25, 0.3) is 0 Å². The molecule has 1 fully saturated rings. The zero-order valence-corrected chi connectivity index (χ0v) is 16.0. The molecule has 0 aliphatic carbocycles. The molecule has 0 bridgehead atoms. The Bertz CT molecular complexity index is 756. The fraction of sp³-hybridized carbons (Fsp3) is 0.391. The van der Waals surface area contributed by atoms with Crippen LogP contribution in [0.1, 0.15) is 47.7 Å². The number of rotatable bonds is 8. The van der Waals surface area contributed by atoms with Crippen LogP contribution in [0, 0.1) is 0 Å². The first-order chi connectivity index (χ1) is 13.1. The Morgan fingerprint density at radius 2 is 1.74 bits per heavy atom. The molecule has 1 heterocycles. The molecule has 4 nitrogen and oxygen atoms in total. The lowest BCUT2D eigenvalue weighted by Gasteiger charge is -2.16. The largest absolute Gasteiger partial charge is 0.352 e. The molecule has 1 aliphatic rings. The number of hydrogen-bond acceptors (Lipinski definition) is 3. The van der Waals surface area contributed by atoms with Crippen molar-refractivity contribution in [1.82, 2.24) is 10.2 Å². The Labute approximate surface area is 161 Å². The standard InChI is InChI=1S/C23H28N2O2/c1-2-18-8-10-20(11-9-18)22(26)12-13-23(27)24-21-14-15-25(17-21)16-19-6-4-3-5-7-19/h3-11,21H,2,12-17H2,1H3,(H,24,27). The second-order valence-electron chi connectivity index (χ2n) is 7.25. The molecule has 1 atom stereocenters. The summed E-state index contributed by atoms with van der Waals surface area (Å²) in [6.45, 7) is 4.86. The van der Waals surface area contributed by atoms with E-state index < -0.39 is 0 Å². The van der Waals surface area contributed by atoms with Crippen molar-refractivity contribution < 1.29 is 9.59 Å². The highest BCUT2D eigenvalue weighted by Crippen LogP contribution is 2.14. The highest BCUT2D eigenvalue weighted by Gasteiger charge is 2.23. The van der Waals surface area contributed by atoms with Gasteiger partial charge in [0.05, 0.1) is 0 Å². The van der Waals surface area contributed by atoms with E-state index in [0.29, 0.717) is 5.56 Å². The molecule has 2 aromatic carbocycles. The molecular weight excluding hydrogens is 336 g/mol. The minimum atomic E-state index is -0.0277. The fourth-order valence-corrected chi connectivity index (χ4v) is 3.53. The first-order valence-electron chi connectivity index (χ1n) is 9.82. The highest BCUT2D eigenvalue weighted by atomic mass is 16.2. The number of Topliss-reactive ketones (excluding diaryl/α,β-unsaturated/α-hetero) is 1. The number of hydrogen-bond donors (Lipinski definition) is 1. The van der Waals surface area contributed by atoms with Crippen molar-refractivity contribution in [3.8, 4) is 0 Å². The molecule has 142 valence electrons. The van der Waals surface area contributed by atoms with Crippen molar-refractivity contribution in [3.05, 3.63) is 71.3 Å². The number of carbonyl (C=O) groups excluding carboxylic acids is 2. The van der Waals surface area contributed by atoms with Crippen molar-refractivity contribution in [1.29, 1.82) is 0 Å². The van der Waals surface area contributed by atoms with Gasteiger partial charge in [0.2, 0.25) is 5.91 Å². The normalized spacial score (nSPS) is 17.0. The Morgan fingerprint density at radius 1 is 1.00 bits per heavy atom. The zero-order valence-electron chi connectivity index (χ0n) is 16.0. The van der Waals surface area contributed by atoms with E-state index in [0.717, 1.165) is 32.5 Å². The van der Waals surface area contributed by atoms with E-state index in [1.807, 2.05) is 30.3 Å². The van der Waals surface area contributed by atoms with Crippen LogP contribution < -0.4 is 5.32 Å². The Balaban J connectivity index is 1.39. The van der Waals surface area contributed by atoms with Crippen molar-refractivity contribution >= 4 is 11.7 Å².